The number of benzene rings is 2. The third-order valence-corrected chi connectivity index (χ3v) is 3.83. The summed E-state index contributed by atoms with van der Waals surface area (Å²) in [4.78, 5) is 13.5. The van der Waals surface area contributed by atoms with Crippen molar-refractivity contribution in [1.29, 1.82) is 5.26 Å². The first-order valence-electron chi connectivity index (χ1n) is 6.40. The molecule has 0 bridgehead atoms. The number of hydrogen-bond donors (Lipinski definition) is 2. The van der Waals surface area contributed by atoms with E-state index in [1.807, 2.05) is 30.3 Å². The zero-order valence-electron chi connectivity index (χ0n) is 11.2. The number of hydrogen-bond acceptors (Lipinski definition) is 4. The topological polar surface area (TPSA) is 73.1 Å². The van der Waals surface area contributed by atoms with Gasteiger partial charge in [0.1, 0.15) is 6.07 Å². The number of carbonyl (C=O) groups is 1. The Morgan fingerprint density at radius 3 is 2.57 bits per heavy atom. The zero-order chi connectivity index (χ0) is 15.1. The molecule has 2 rings (SSSR count). The summed E-state index contributed by atoms with van der Waals surface area (Å²) in [6.45, 7) is 0.162. The van der Waals surface area contributed by atoms with Crippen molar-refractivity contribution in [3.63, 3.8) is 0 Å². The second-order valence-electron chi connectivity index (χ2n) is 4.21. The van der Waals surface area contributed by atoms with E-state index in [1.165, 1.54) is 11.8 Å². The Kier molecular flexibility index (Phi) is 5.38. The monoisotopic (exact) mass is 298 g/mol. The van der Waals surface area contributed by atoms with Gasteiger partial charge in [-0.15, -0.1) is 0 Å². The molecule has 0 atom stereocenters. The van der Waals surface area contributed by atoms with E-state index < -0.39 is 0 Å². The van der Waals surface area contributed by atoms with Crippen LogP contribution >= 0.6 is 11.8 Å². The third-order valence-electron chi connectivity index (χ3n) is 2.75. The van der Waals surface area contributed by atoms with Crippen molar-refractivity contribution >= 4 is 17.7 Å². The molecule has 21 heavy (non-hydrogen) atoms. The maximum atomic E-state index is 11.7. The Bertz CT molecular complexity index is 663. The Labute approximate surface area is 127 Å². The maximum Gasteiger partial charge on any atom is 0.251 e. The normalized spacial score (nSPS) is 9.90. The van der Waals surface area contributed by atoms with Crippen LogP contribution in [0.5, 0.6) is 0 Å². The van der Waals surface area contributed by atoms with Crippen molar-refractivity contribution in [3.05, 3.63) is 59.7 Å². The lowest BCUT2D eigenvalue weighted by atomic mass is 10.2. The molecule has 0 saturated heterocycles. The number of aliphatic hydroxyl groups is 1. The summed E-state index contributed by atoms with van der Waals surface area (Å²) >= 11 is 1.48. The van der Waals surface area contributed by atoms with Gasteiger partial charge in [0.05, 0.1) is 12.2 Å². The van der Waals surface area contributed by atoms with Crippen molar-refractivity contribution in [2.24, 2.45) is 0 Å². The lowest BCUT2D eigenvalue weighted by Gasteiger charge is -2.06. The lowest BCUT2D eigenvalue weighted by molar-refractivity contribution is 0.0944. The quantitative estimate of drug-likeness (QED) is 0.889. The largest absolute Gasteiger partial charge is 0.395 e. The smallest absolute Gasteiger partial charge is 0.251 e. The van der Waals surface area contributed by atoms with Gasteiger partial charge in [-0.1, -0.05) is 23.9 Å². The summed E-state index contributed by atoms with van der Waals surface area (Å²) in [5.41, 5.74) is 1.17. The molecule has 5 heteroatoms. The summed E-state index contributed by atoms with van der Waals surface area (Å²) in [6.07, 6.45) is 0. The van der Waals surface area contributed by atoms with E-state index in [-0.39, 0.29) is 19.1 Å². The second-order valence-corrected chi connectivity index (χ2v) is 5.33. The van der Waals surface area contributed by atoms with Gasteiger partial charge >= 0.3 is 0 Å². The van der Waals surface area contributed by atoms with Crippen molar-refractivity contribution < 1.29 is 9.90 Å². The van der Waals surface area contributed by atoms with Gasteiger partial charge in [-0.2, -0.15) is 5.26 Å². The molecule has 4 nitrogen and oxygen atoms in total. The Morgan fingerprint density at radius 2 is 1.90 bits per heavy atom. The fourth-order valence-electron chi connectivity index (χ4n) is 1.72. The van der Waals surface area contributed by atoms with Gasteiger partial charge in [-0.25, -0.2) is 0 Å². The van der Waals surface area contributed by atoms with E-state index in [0.717, 1.165) is 9.79 Å². The van der Waals surface area contributed by atoms with Crippen molar-refractivity contribution in [2.45, 2.75) is 9.79 Å². The molecule has 0 aliphatic heterocycles. The number of carbonyl (C=O) groups excluding carboxylic acids is 1. The van der Waals surface area contributed by atoms with Crippen LogP contribution in [0.15, 0.2) is 58.3 Å². The average molecular weight is 298 g/mol. The predicted octanol–water partition coefficient (Wildman–Crippen LogP) is 2.43. The van der Waals surface area contributed by atoms with Crippen LogP contribution in [0.25, 0.3) is 0 Å². The predicted molar refractivity (Wildman–Crippen MR) is 81.1 cm³/mol. The number of nitrogens with one attached hydrogen (secondary N) is 1. The molecule has 0 unspecified atom stereocenters. The van der Waals surface area contributed by atoms with Gasteiger partial charge in [0, 0.05) is 21.9 Å². The molecular weight excluding hydrogens is 284 g/mol. The second kappa shape index (κ2) is 7.48. The van der Waals surface area contributed by atoms with Crippen LogP contribution in [0, 0.1) is 11.3 Å². The van der Waals surface area contributed by atoms with E-state index in [0.29, 0.717) is 11.1 Å². The zero-order valence-corrected chi connectivity index (χ0v) is 12.1. The summed E-state index contributed by atoms with van der Waals surface area (Å²) in [6, 6.07) is 16.7. The van der Waals surface area contributed by atoms with Crippen molar-refractivity contribution in [1.82, 2.24) is 5.32 Å². The summed E-state index contributed by atoms with van der Waals surface area (Å²) in [7, 11) is 0. The third kappa shape index (κ3) is 4.09. The van der Waals surface area contributed by atoms with Crippen LogP contribution in [0.1, 0.15) is 15.9 Å². The van der Waals surface area contributed by atoms with E-state index in [4.69, 9.17) is 10.4 Å². The fourth-order valence-corrected chi connectivity index (χ4v) is 2.62. The van der Waals surface area contributed by atoms with Crippen LogP contribution in [0.3, 0.4) is 0 Å². The van der Waals surface area contributed by atoms with Gasteiger partial charge < -0.3 is 10.4 Å². The molecule has 0 saturated carbocycles. The van der Waals surface area contributed by atoms with E-state index in [9.17, 15) is 4.79 Å². The van der Waals surface area contributed by atoms with Gasteiger partial charge in [0.25, 0.3) is 5.91 Å². The van der Waals surface area contributed by atoms with Crippen LogP contribution < -0.4 is 5.32 Å². The molecule has 2 N–H and O–H groups in total. The van der Waals surface area contributed by atoms with Crippen molar-refractivity contribution in [3.8, 4) is 6.07 Å². The van der Waals surface area contributed by atoms with Crippen LogP contribution in [0.2, 0.25) is 0 Å². The molecule has 106 valence electrons. The Morgan fingerprint density at radius 1 is 1.19 bits per heavy atom. The molecule has 0 fully saturated rings. The fraction of sp³-hybridized carbons (Fsp3) is 0.125. The first kappa shape index (κ1) is 15.1. The molecule has 0 heterocycles. The first-order chi connectivity index (χ1) is 10.2. The molecular formula is C16H14N2O2S. The minimum atomic E-state index is -0.210. The highest BCUT2D eigenvalue weighted by atomic mass is 32.2. The van der Waals surface area contributed by atoms with Crippen LogP contribution in [-0.2, 0) is 0 Å². The van der Waals surface area contributed by atoms with Crippen molar-refractivity contribution in [2.75, 3.05) is 13.2 Å². The van der Waals surface area contributed by atoms with Gasteiger partial charge in [-0.05, 0) is 36.4 Å². The number of rotatable bonds is 5. The molecule has 2 aromatic carbocycles. The average Bonchev–Trinajstić information content (AvgIpc) is 2.54. The summed E-state index contributed by atoms with van der Waals surface area (Å²) in [5.74, 6) is -0.210. The highest BCUT2D eigenvalue weighted by molar-refractivity contribution is 7.99. The maximum absolute atomic E-state index is 11.7. The van der Waals surface area contributed by atoms with E-state index in [1.54, 1.807) is 18.2 Å². The Balaban J connectivity index is 2.09. The summed E-state index contributed by atoms with van der Waals surface area (Å²) < 4.78 is 0. The van der Waals surface area contributed by atoms with Gasteiger partial charge in [0.2, 0.25) is 0 Å². The SMILES string of the molecule is N#Cc1ccccc1Sc1ccc(C(=O)NCCO)cc1. The highest BCUT2D eigenvalue weighted by Gasteiger charge is 2.06. The van der Waals surface area contributed by atoms with Crippen LogP contribution in [-0.4, -0.2) is 24.2 Å². The summed E-state index contributed by atoms with van der Waals surface area (Å²) in [5, 5.41) is 20.3. The number of nitriles is 1. The minimum absolute atomic E-state index is 0.0788. The number of amides is 1. The standard InChI is InChI=1S/C16H14N2O2S/c17-11-13-3-1-2-4-15(13)21-14-7-5-12(6-8-14)16(20)18-9-10-19/h1-8,19H,9-10H2,(H,18,20). The highest BCUT2D eigenvalue weighted by Crippen LogP contribution is 2.30. The molecule has 2 aromatic rings. The van der Waals surface area contributed by atoms with Gasteiger partial charge in [-0.3, -0.25) is 4.79 Å². The number of nitrogens with zero attached hydrogens (tertiary/aromatic N) is 1. The molecule has 0 aromatic heterocycles. The molecule has 0 aliphatic rings. The first-order valence-corrected chi connectivity index (χ1v) is 7.22. The Hall–Kier alpha value is -2.29. The molecule has 0 radical (unpaired) electrons. The van der Waals surface area contributed by atoms with Gasteiger partial charge in [0.15, 0.2) is 0 Å². The molecule has 0 spiro atoms. The number of aliphatic hydroxyl groups excluding tert-OH is 1. The van der Waals surface area contributed by atoms with E-state index >= 15 is 0 Å². The van der Waals surface area contributed by atoms with Crippen LogP contribution in [0.4, 0.5) is 0 Å². The lowest BCUT2D eigenvalue weighted by Crippen LogP contribution is -2.26. The minimum Gasteiger partial charge on any atom is -0.395 e. The van der Waals surface area contributed by atoms with E-state index in [2.05, 4.69) is 11.4 Å². The molecule has 1 amide bonds. The molecule has 0 aliphatic carbocycles.